The molecule has 0 unspecified atom stereocenters. The predicted octanol–water partition coefficient (Wildman–Crippen LogP) is 2.08. The largest absolute Gasteiger partial charge is 0.463 e. The van der Waals surface area contributed by atoms with Crippen LogP contribution in [0.5, 0.6) is 0 Å². The lowest BCUT2D eigenvalue weighted by atomic mass is 10.3. The molecule has 0 aliphatic rings. The summed E-state index contributed by atoms with van der Waals surface area (Å²) in [4.78, 5) is 23.3. The summed E-state index contributed by atoms with van der Waals surface area (Å²) < 4.78 is 15.1. The minimum atomic E-state index is -1.24. The Morgan fingerprint density at radius 2 is 1.33 bits per heavy atom. The Labute approximate surface area is 109 Å². The highest BCUT2D eigenvalue weighted by molar-refractivity contribution is 5.98. The fourth-order valence-electron chi connectivity index (χ4n) is 1.13. The molecular weight excluding hydrogens is 236 g/mol. The number of esters is 2. The van der Waals surface area contributed by atoms with Crippen LogP contribution in [0.15, 0.2) is 0 Å². The topological polar surface area (TPSA) is 61.8 Å². The van der Waals surface area contributed by atoms with Gasteiger partial charge in [-0.25, -0.2) is 9.59 Å². The first-order valence-corrected chi connectivity index (χ1v) is 6.62. The number of hydrogen-bond acceptors (Lipinski definition) is 5. The molecule has 0 aliphatic heterocycles. The lowest BCUT2D eigenvalue weighted by molar-refractivity contribution is -0.173. The van der Waals surface area contributed by atoms with Gasteiger partial charge in [0.05, 0.1) is 13.2 Å². The van der Waals surface area contributed by atoms with Crippen molar-refractivity contribution in [2.75, 3.05) is 19.8 Å². The molecule has 0 saturated carbocycles. The average molecular weight is 260 g/mol. The van der Waals surface area contributed by atoms with Crippen LogP contribution in [-0.2, 0) is 23.8 Å². The fourth-order valence-corrected chi connectivity index (χ4v) is 1.13. The molecule has 0 N–H and O–H groups in total. The highest BCUT2D eigenvalue weighted by Gasteiger charge is 2.30. The number of ether oxygens (including phenoxy) is 3. The van der Waals surface area contributed by atoms with Crippen molar-refractivity contribution in [1.29, 1.82) is 0 Å². The minimum Gasteiger partial charge on any atom is -0.463 e. The first-order chi connectivity index (χ1) is 8.67. The van der Waals surface area contributed by atoms with Gasteiger partial charge < -0.3 is 14.2 Å². The van der Waals surface area contributed by atoms with Crippen LogP contribution < -0.4 is 0 Å². The molecule has 0 amide bonds. The van der Waals surface area contributed by atoms with Gasteiger partial charge in [-0.3, -0.25) is 0 Å². The third-order valence-corrected chi connectivity index (χ3v) is 2.11. The van der Waals surface area contributed by atoms with Crippen molar-refractivity contribution in [3.63, 3.8) is 0 Å². The van der Waals surface area contributed by atoms with E-state index in [-0.39, 0.29) is 13.2 Å². The summed E-state index contributed by atoms with van der Waals surface area (Å²) >= 11 is 0. The molecule has 0 aromatic rings. The zero-order valence-corrected chi connectivity index (χ0v) is 11.6. The number of carbonyl (C=O) groups is 2. The molecule has 0 atom stereocenters. The first-order valence-electron chi connectivity index (χ1n) is 6.62. The van der Waals surface area contributed by atoms with Crippen LogP contribution in [0.25, 0.3) is 0 Å². The molecule has 0 heterocycles. The summed E-state index contributed by atoms with van der Waals surface area (Å²) in [6.45, 7) is 6.69. The number of rotatable bonds is 10. The molecule has 0 radical (unpaired) electrons. The quantitative estimate of drug-likeness (QED) is 0.342. The Bertz CT molecular complexity index is 220. The molecule has 0 aliphatic carbocycles. The van der Waals surface area contributed by atoms with Gasteiger partial charge in [-0.1, -0.05) is 27.2 Å². The van der Waals surface area contributed by atoms with Gasteiger partial charge in [-0.2, -0.15) is 0 Å². The number of hydrogen-bond donors (Lipinski definition) is 0. The van der Waals surface area contributed by atoms with E-state index in [1.807, 2.05) is 20.8 Å². The van der Waals surface area contributed by atoms with Gasteiger partial charge in [-0.15, -0.1) is 0 Å². The lowest BCUT2D eigenvalue weighted by Crippen LogP contribution is -2.36. The van der Waals surface area contributed by atoms with E-state index in [0.29, 0.717) is 19.4 Å². The van der Waals surface area contributed by atoms with Crippen molar-refractivity contribution in [1.82, 2.24) is 0 Å². The maximum Gasteiger partial charge on any atom is 0.347 e. The molecule has 18 heavy (non-hydrogen) atoms. The molecule has 0 rings (SSSR count). The third-order valence-electron chi connectivity index (χ3n) is 2.11. The van der Waals surface area contributed by atoms with Crippen molar-refractivity contribution in [2.24, 2.45) is 0 Å². The summed E-state index contributed by atoms with van der Waals surface area (Å²) in [6, 6.07) is 0. The van der Waals surface area contributed by atoms with Crippen molar-refractivity contribution >= 4 is 11.9 Å². The van der Waals surface area contributed by atoms with E-state index >= 15 is 0 Å². The van der Waals surface area contributed by atoms with E-state index in [4.69, 9.17) is 14.2 Å². The summed E-state index contributed by atoms with van der Waals surface area (Å²) in [5.41, 5.74) is 0. The summed E-state index contributed by atoms with van der Waals surface area (Å²) in [6.07, 6.45) is 1.89. The van der Waals surface area contributed by atoms with Crippen molar-refractivity contribution in [3.8, 4) is 0 Å². The highest BCUT2D eigenvalue weighted by Crippen LogP contribution is 2.03. The van der Waals surface area contributed by atoms with E-state index < -0.39 is 18.0 Å². The van der Waals surface area contributed by atoms with Gasteiger partial charge >= 0.3 is 11.9 Å². The first kappa shape index (κ1) is 16.9. The van der Waals surface area contributed by atoms with Crippen molar-refractivity contribution < 1.29 is 23.8 Å². The van der Waals surface area contributed by atoms with Gasteiger partial charge in [0, 0.05) is 6.61 Å². The summed E-state index contributed by atoms with van der Waals surface area (Å²) in [7, 11) is 0. The summed E-state index contributed by atoms with van der Waals surface area (Å²) in [5, 5.41) is 0. The maximum absolute atomic E-state index is 11.7. The predicted molar refractivity (Wildman–Crippen MR) is 67.1 cm³/mol. The zero-order chi connectivity index (χ0) is 13.8. The lowest BCUT2D eigenvalue weighted by Gasteiger charge is -2.15. The maximum atomic E-state index is 11.7. The van der Waals surface area contributed by atoms with E-state index in [2.05, 4.69) is 0 Å². The molecule has 0 saturated heterocycles. The third kappa shape index (κ3) is 7.27. The second kappa shape index (κ2) is 11.0. The molecular formula is C13H24O5. The normalized spacial score (nSPS) is 10.4. The molecule has 0 aromatic heterocycles. The summed E-state index contributed by atoms with van der Waals surface area (Å²) in [5.74, 6) is -1.32. The van der Waals surface area contributed by atoms with E-state index in [1.54, 1.807) is 0 Å². The van der Waals surface area contributed by atoms with E-state index in [9.17, 15) is 9.59 Å². The van der Waals surface area contributed by atoms with Crippen LogP contribution in [0.4, 0.5) is 0 Å². The molecule has 5 heteroatoms. The Hall–Kier alpha value is -1.10. The number of unbranched alkanes of at least 4 members (excludes halogenated alkanes) is 1. The average Bonchev–Trinajstić information content (AvgIpc) is 2.38. The van der Waals surface area contributed by atoms with Gasteiger partial charge in [0.25, 0.3) is 6.10 Å². The van der Waals surface area contributed by atoms with Crippen LogP contribution in [0.3, 0.4) is 0 Å². The van der Waals surface area contributed by atoms with Crippen molar-refractivity contribution in [3.05, 3.63) is 0 Å². The zero-order valence-electron chi connectivity index (χ0n) is 11.6. The van der Waals surface area contributed by atoms with E-state index in [1.165, 1.54) is 0 Å². The van der Waals surface area contributed by atoms with Gasteiger partial charge in [0.1, 0.15) is 0 Å². The second-order valence-electron chi connectivity index (χ2n) is 3.94. The smallest absolute Gasteiger partial charge is 0.347 e. The number of carbonyl (C=O) groups excluding carboxylic acids is 2. The standard InChI is InChI=1S/C13H24O5/c1-4-7-10-16-11(12(14)17-8-5-2)13(15)18-9-6-3/h11H,4-10H2,1-3H3. The van der Waals surface area contributed by atoms with Crippen molar-refractivity contribution in [2.45, 2.75) is 52.6 Å². The van der Waals surface area contributed by atoms with Gasteiger partial charge in [-0.05, 0) is 19.3 Å². The molecule has 0 aromatic carbocycles. The Balaban J connectivity index is 4.30. The fraction of sp³-hybridized carbons (Fsp3) is 0.846. The van der Waals surface area contributed by atoms with Crippen LogP contribution in [0, 0.1) is 0 Å². The molecule has 5 nitrogen and oxygen atoms in total. The second-order valence-corrected chi connectivity index (χ2v) is 3.94. The molecule has 0 bridgehead atoms. The Morgan fingerprint density at radius 3 is 1.72 bits per heavy atom. The van der Waals surface area contributed by atoms with Crippen LogP contribution in [0.2, 0.25) is 0 Å². The Kier molecular flexibility index (Phi) is 10.3. The minimum absolute atomic E-state index is 0.285. The SMILES string of the molecule is CCCCOC(C(=O)OCCC)C(=O)OCCC. The van der Waals surface area contributed by atoms with E-state index in [0.717, 1.165) is 12.8 Å². The monoisotopic (exact) mass is 260 g/mol. The van der Waals surface area contributed by atoms with Crippen LogP contribution in [0.1, 0.15) is 46.5 Å². The highest BCUT2D eigenvalue weighted by atomic mass is 16.6. The van der Waals surface area contributed by atoms with Gasteiger partial charge in [0.15, 0.2) is 0 Å². The van der Waals surface area contributed by atoms with Gasteiger partial charge in [0.2, 0.25) is 0 Å². The van der Waals surface area contributed by atoms with Crippen LogP contribution >= 0.6 is 0 Å². The molecule has 106 valence electrons. The molecule has 0 fully saturated rings. The molecule has 0 spiro atoms. The van der Waals surface area contributed by atoms with Crippen LogP contribution in [-0.4, -0.2) is 37.9 Å². The Morgan fingerprint density at radius 1 is 0.833 bits per heavy atom.